The number of hydrogen-bond acceptors (Lipinski definition) is 1. The van der Waals surface area contributed by atoms with Crippen LogP contribution in [0.25, 0.3) is 0 Å². The molecule has 0 N–H and O–H groups in total. The monoisotopic (exact) mass is 217 g/mol. The van der Waals surface area contributed by atoms with E-state index in [0.29, 0.717) is 0 Å². The summed E-state index contributed by atoms with van der Waals surface area (Å²) in [4.78, 5) is 2.62. The van der Waals surface area contributed by atoms with Gasteiger partial charge in [0.05, 0.1) is 0 Å². The predicted octanol–water partition coefficient (Wildman–Crippen LogP) is 3.55. The van der Waals surface area contributed by atoms with Crippen LogP contribution in [0.4, 0.5) is 0 Å². The van der Waals surface area contributed by atoms with Crippen molar-refractivity contribution in [3.63, 3.8) is 0 Å². The number of likely N-dealkylation sites (tertiary alicyclic amines) is 1. The second kappa shape index (κ2) is 5.49. The second-order valence-corrected chi connectivity index (χ2v) is 5.29. The highest BCUT2D eigenvalue weighted by atomic mass is 15.1. The largest absolute Gasteiger partial charge is 0.299 e. The zero-order chi connectivity index (χ0) is 11.4. The highest BCUT2D eigenvalue weighted by Crippen LogP contribution is 2.24. The van der Waals surface area contributed by atoms with Crippen LogP contribution in [0.5, 0.6) is 0 Å². The quantitative estimate of drug-likeness (QED) is 0.748. The van der Waals surface area contributed by atoms with E-state index in [1.54, 1.807) is 0 Å². The van der Waals surface area contributed by atoms with E-state index in [2.05, 4.69) is 49.1 Å². The molecule has 2 rings (SSSR count). The fourth-order valence-corrected chi connectivity index (χ4v) is 2.87. The van der Waals surface area contributed by atoms with Crippen LogP contribution in [0.15, 0.2) is 30.3 Å². The number of hydrogen-bond donors (Lipinski definition) is 0. The summed E-state index contributed by atoms with van der Waals surface area (Å²) < 4.78 is 0. The zero-order valence-electron chi connectivity index (χ0n) is 10.5. The summed E-state index contributed by atoms with van der Waals surface area (Å²) >= 11 is 0. The van der Waals surface area contributed by atoms with Gasteiger partial charge in [0.25, 0.3) is 0 Å². The van der Waals surface area contributed by atoms with Crippen LogP contribution in [0.3, 0.4) is 0 Å². The van der Waals surface area contributed by atoms with Gasteiger partial charge in [0, 0.05) is 19.6 Å². The SMILES string of the molecule is CCC1CC(C)CN(Cc2ccccc2)C1. The lowest BCUT2D eigenvalue weighted by molar-refractivity contribution is 0.123. The summed E-state index contributed by atoms with van der Waals surface area (Å²) in [6.45, 7) is 8.39. The van der Waals surface area contributed by atoms with Crippen molar-refractivity contribution in [2.45, 2.75) is 33.2 Å². The van der Waals surface area contributed by atoms with Gasteiger partial charge < -0.3 is 0 Å². The molecular weight excluding hydrogens is 194 g/mol. The average Bonchev–Trinajstić information content (AvgIpc) is 2.29. The van der Waals surface area contributed by atoms with Crippen LogP contribution in [0.2, 0.25) is 0 Å². The molecular formula is C15H23N. The van der Waals surface area contributed by atoms with Crippen molar-refractivity contribution in [1.82, 2.24) is 4.90 Å². The maximum Gasteiger partial charge on any atom is 0.0233 e. The smallest absolute Gasteiger partial charge is 0.0233 e. The Balaban J connectivity index is 1.94. The molecule has 0 bridgehead atoms. The first-order valence-electron chi connectivity index (χ1n) is 6.54. The van der Waals surface area contributed by atoms with E-state index in [1.807, 2.05) is 0 Å². The van der Waals surface area contributed by atoms with E-state index in [1.165, 1.54) is 31.5 Å². The number of rotatable bonds is 3. The Hall–Kier alpha value is -0.820. The van der Waals surface area contributed by atoms with Crippen LogP contribution < -0.4 is 0 Å². The second-order valence-electron chi connectivity index (χ2n) is 5.29. The standard InChI is InChI=1S/C15H23N/c1-3-14-9-13(2)10-16(11-14)12-15-7-5-4-6-8-15/h4-8,13-14H,3,9-12H2,1-2H3. The number of piperidine rings is 1. The average molecular weight is 217 g/mol. The molecule has 0 radical (unpaired) electrons. The van der Waals surface area contributed by atoms with Crippen molar-refractivity contribution < 1.29 is 0 Å². The number of benzene rings is 1. The fraction of sp³-hybridized carbons (Fsp3) is 0.600. The molecule has 1 aliphatic heterocycles. The lowest BCUT2D eigenvalue weighted by Crippen LogP contribution is -2.38. The molecule has 1 heteroatoms. The Morgan fingerprint density at radius 3 is 2.62 bits per heavy atom. The molecule has 1 fully saturated rings. The van der Waals surface area contributed by atoms with Gasteiger partial charge >= 0.3 is 0 Å². The summed E-state index contributed by atoms with van der Waals surface area (Å²) in [5, 5.41) is 0. The van der Waals surface area contributed by atoms with Crippen molar-refractivity contribution >= 4 is 0 Å². The first-order chi connectivity index (χ1) is 7.78. The molecule has 0 amide bonds. The summed E-state index contributed by atoms with van der Waals surface area (Å²) in [5.74, 6) is 1.77. The molecule has 0 spiro atoms. The third kappa shape index (κ3) is 3.08. The van der Waals surface area contributed by atoms with Gasteiger partial charge in [0.2, 0.25) is 0 Å². The van der Waals surface area contributed by atoms with Crippen molar-refractivity contribution in [3.8, 4) is 0 Å². The van der Waals surface area contributed by atoms with E-state index in [4.69, 9.17) is 0 Å². The molecule has 1 saturated heterocycles. The molecule has 88 valence electrons. The van der Waals surface area contributed by atoms with Gasteiger partial charge in [-0.05, 0) is 23.8 Å². The third-order valence-corrected chi connectivity index (χ3v) is 3.65. The summed E-state index contributed by atoms with van der Waals surface area (Å²) in [5.41, 5.74) is 1.45. The first kappa shape index (κ1) is 11.7. The van der Waals surface area contributed by atoms with Gasteiger partial charge in [0.1, 0.15) is 0 Å². The lowest BCUT2D eigenvalue weighted by Gasteiger charge is -2.36. The number of nitrogens with zero attached hydrogens (tertiary/aromatic N) is 1. The zero-order valence-corrected chi connectivity index (χ0v) is 10.5. The molecule has 1 aromatic rings. The molecule has 1 aliphatic rings. The van der Waals surface area contributed by atoms with Crippen LogP contribution in [-0.2, 0) is 6.54 Å². The molecule has 0 aromatic heterocycles. The normalized spacial score (nSPS) is 26.9. The molecule has 1 heterocycles. The Labute approximate surface area is 99.5 Å². The van der Waals surface area contributed by atoms with Crippen LogP contribution in [-0.4, -0.2) is 18.0 Å². The predicted molar refractivity (Wildman–Crippen MR) is 69.3 cm³/mol. The van der Waals surface area contributed by atoms with Gasteiger partial charge in [-0.1, -0.05) is 50.6 Å². The molecule has 0 saturated carbocycles. The lowest BCUT2D eigenvalue weighted by atomic mass is 9.88. The maximum absolute atomic E-state index is 2.62. The van der Waals surface area contributed by atoms with Crippen molar-refractivity contribution in [2.24, 2.45) is 11.8 Å². The maximum atomic E-state index is 2.62. The van der Waals surface area contributed by atoms with E-state index in [0.717, 1.165) is 18.4 Å². The van der Waals surface area contributed by atoms with Crippen LogP contribution in [0.1, 0.15) is 32.3 Å². The summed E-state index contributed by atoms with van der Waals surface area (Å²) in [7, 11) is 0. The highest BCUT2D eigenvalue weighted by molar-refractivity contribution is 5.14. The Morgan fingerprint density at radius 2 is 1.94 bits per heavy atom. The van der Waals surface area contributed by atoms with Gasteiger partial charge in [0.15, 0.2) is 0 Å². The summed E-state index contributed by atoms with van der Waals surface area (Å²) in [6, 6.07) is 10.8. The minimum atomic E-state index is 0.863. The molecule has 2 unspecified atom stereocenters. The minimum Gasteiger partial charge on any atom is -0.299 e. The van der Waals surface area contributed by atoms with Gasteiger partial charge in [-0.2, -0.15) is 0 Å². The van der Waals surface area contributed by atoms with E-state index in [-0.39, 0.29) is 0 Å². The molecule has 1 aromatic carbocycles. The van der Waals surface area contributed by atoms with Gasteiger partial charge in [-0.3, -0.25) is 4.90 Å². The Bertz CT molecular complexity index is 306. The Morgan fingerprint density at radius 1 is 1.19 bits per heavy atom. The van der Waals surface area contributed by atoms with Gasteiger partial charge in [-0.15, -0.1) is 0 Å². The van der Waals surface area contributed by atoms with Crippen molar-refractivity contribution in [2.75, 3.05) is 13.1 Å². The van der Waals surface area contributed by atoms with Crippen molar-refractivity contribution in [1.29, 1.82) is 0 Å². The summed E-state index contributed by atoms with van der Waals surface area (Å²) in [6.07, 6.45) is 2.75. The Kier molecular flexibility index (Phi) is 4.00. The van der Waals surface area contributed by atoms with Crippen LogP contribution in [0, 0.1) is 11.8 Å². The van der Waals surface area contributed by atoms with Crippen molar-refractivity contribution in [3.05, 3.63) is 35.9 Å². The first-order valence-corrected chi connectivity index (χ1v) is 6.54. The van der Waals surface area contributed by atoms with E-state index >= 15 is 0 Å². The highest BCUT2D eigenvalue weighted by Gasteiger charge is 2.23. The fourth-order valence-electron chi connectivity index (χ4n) is 2.87. The molecule has 0 aliphatic carbocycles. The minimum absolute atomic E-state index is 0.863. The molecule has 2 atom stereocenters. The molecule has 1 nitrogen and oxygen atoms in total. The molecule has 16 heavy (non-hydrogen) atoms. The van der Waals surface area contributed by atoms with E-state index < -0.39 is 0 Å². The van der Waals surface area contributed by atoms with Gasteiger partial charge in [-0.25, -0.2) is 0 Å². The van der Waals surface area contributed by atoms with E-state index in [9.17, 15) is 0 Å². The topological polar surface area (TPSA) is 3.24 Å². The van der Waals surface area contributed by atoms with Crippen LogP contribution >= 0.6 is 0 Å². The third-order valence-electron chi connectivity index (χ3n) is 3.65.